The molecule has 172 valence electrons. The van der Waals surface area contributed by atoms with E-state index in [0.717, 1.165) is 10.4 Å². The van der Waals surface area contributed by atoms with Gasteiger partial charge in [0.05, 0.1) is 6.54 Å². The summed E-state index contributed by atoms with van der Waals surface area (Å²) in [6.45, 7) is 1.81. The maximum Gasteiger partial charge on any atom is 0.359 e. The largest absolute Gasteiger partial charge is 0.492 e. The summed E-state index contributed by atoms with van der Waals surface area (Å²) in [5, 5.41) is 6.74. The van der Waals surface area contributed by atoms with Gasteiger partial charge in [0.2, 0.25) is 0 Å². The molecule has 33 heavy (non-hydrogen) atoms. The lowest BCUT2D eigenvalue weighted by Gasteiger charge is -2.15. The molecule has 1 unspecified atom stereocenters. The van der Waals surface area contributed by atoms with Crippen LogP contribution < -0.4 is 20.5 Å². The molecular formula is C24H26N4O5. The third kappa shape index (κ3) is 6.67. The number of carbonyl (C=O) groups is 2. The first-order valence-electron chi connectivity index (χ1n) is 10.4. The fraction of sp³-hybridized carbons (Fsp3) is 0.250. The Hall–Kier alpha value is -4.14. The molecule has 1 N–H and O–H groups in total. The zero-order valence-electron chi connectivity index (χ0n) is 18.7. The number of anilines is 2. The van der Waals surface area contributed by atoms with Crippen LogP contribution in [0.1, 0.15) is 17.4 Å². The molecule has 0 aliphatic heterocycles. The van der Waals surface area contributed by atoms with E-state index < -0.39 is 18.0 Å². The van der Waals surface area contributed by atoms with Crippen molar-refractivity contribution in [1.82, 2.24) is 9.78 Å². The normalized spacial score (nSPS) is 11.4. The Bertz CT molecular complexity index is 1140. The maximum absolute atomic E-state index is 12.5. The highest BCUT2D eigenvalue weighted by Crippen LogP contribution is 2.16. The molecule has 0 radical (unpaired) electrons. The number of benzene rings is 2. The predicted octanol–water partition coefficient (Wildman–Crippen LogP) is 2.57. The van der Waals surface area contributed by atoms with E-state index in [1.54, 1.807) is 24.3 Å². The third-order valence-corrected chi connectivity index (χ3v) is 4.70. The van der Waals surface area contributed by atoms with Gasteiger partial charge in [0.25, 0.3) is 11.5 Å². The van der Waals surface area contributed by atoms with Gasteiger partial charge in [0.1, 0.15) is 12.4 Å². The van der Waals surface area contributed by atoms with E-state index in [1.807, 2.05) is 49.3 Å². The molecule has 2 aromatic carbocycles. The van der Waals surface area contributed by atoms with Crippen molar-refractivity contribution in [2.75, 3.05) is 30.9 Å². The van der Waals surface area contributed by atoms with Crippen LogP contribution in [-0.4, -0.2) is 48.5 Å². The summed E-state index contributed by atoms with van der Waals surface area (Å²) in [7, 11) is 3.84. The number of rotatable bonds is 9. The van der Waals surface area contributed by atoms with Gasteiger partial charge in [-0.2, -0.15) is 5.10 Å². The number of nitrogens with zero attached hydrogens (tertiary/aromatic N) is 3. The molecule has 9 nitrogen and oxygen atoms in total. The van der Waals surface area contributed by atoms with Crippen LogP contribution in [0, 0.1) is 0 Å². The average Bonchev–Trinajstić information content (AvgIpc) is 2.81. The number of hydrogen-bond acceptors (Lipinski definition) is 7. The number of nitrogens with one attached hydrogen (secondary N) is 1. The van der Waals surface area contributed by atoms with E-state index >= 15 is 0 Å². The summed E-state index contributed by atoms with van der Waals surface area (Å²) in [6, 6.07) is 18.9. The van der Waals surface area contributed by atoms with Crippen molar-refractivity contribution in [2.45, 2.75) is 19.6 Å². The molecular weight excluding hydrogens is 424 g/mol. The molecule has 3 aromatic rings. The second-order valence-electron chi connectivity index (χ2n) is 7.42. The third-order valence-electron chi connectivity index (χ3n) is 4.70. The van der Waals surface area contributed by atoms with E-state index in [-0.39, 0.29) is 24.4 Å². The first kappa shape index (κ1) is 23.5. The molecule has 0 aliphatic rings. The van der Waals surface area contributed by atoms with Crippen molar-refractivity contribution in [1.29, 1.82) is 0 Å². The molecule has 9 heteroatoms. The number of hydrogen-bond donors (Lipinski definition) is 1. The van der Waals surface area contributed by atoms with Crippen LogP contribution in [0.4, 0.5) is 11.4 Å². The van der Waals surface area contributed by atoms with Gasteiger partial charge < -0.3 is 19.7 Å². The number of carbonyl (C=O) groups excluding carboxylic acids is 2. The topological polar surface area (TPSA) is 103 Å². The standard InChI is InChI=1S/C24H26N4O5/c1-17(23(30)25-18-9-11-19(12-10-18)27(2)3)33-24(31)21-13-14-22(29)28(26-21)15-16-32-20-7-5-4-6-8-20/h4-14,17H,15-16H2,1-3H3,(H,25,30). The lowest BCUT2D eigenvalue weighted by atomic mass is 10.2. The van der Waals surface area contributed by atoms with Gasteiger partial charge in [-0.05, 0) is 49.4 Å². The van der Waals surface area contributed by atoms with Gasteiger partial charge >= 0.3 is 5.97 Å². The van der Waals surface area contributed by atoms with Gasteiger partial charge in [-0.1, -0.05) is 18.2 Å². The Morgan fingerprint density at radius 1 is 1.03 bits per heavy atom. The molecule has 0 bridgehead atoms. The number of ether oxygens (including phenoxy) is 2. The number of esters is 1. The maximum atomic E-state index is 12.5. The summed E-state index contributed by atoms with van der Waals surface area (Å²) in [5.41, 5.74) is 1.11. The summed E-state index contributed by atoms with van der Waals surface area (Å²) >= 11 is 0. The van der Waals surface area contributed by atoms with Crippen LogP contribution in [0.3, 0.4) is 0 Å². The quantitative estimate of drug-likeness (QED) is 0.500. The average molecular weight is 450 g/mol. The van der Waals surface area contributed by atoms with E-state index in [0.29, 0.717) is 11.4 Å². The molecule has 0 saturated carbocycles. The Morgan fingerprint density at radius 2 is 1.73 bits per heavy atom. The molecule has 1 amide bonds. The van der Waals surface area contributed by atoms with Gasteiger partial charge in [0, 0.05) is 31.5 Å². The molecule has 0 aliphatic carbocycles. The van der Waals surface area contributed by atoms with E-state index in [1.165, 1.54) is 19.1 Å². The summed E-state index contributed by atoms with van der Waals surface area (Å²) < 4.78 is 11.9. The van der Waals surface area contributed by atoms with Crippen molar-refractivity contribution in [3.05, 3.63) is 82.8 Å². The van der Waals surface area contributed by atoms with Crippen molar-refractivity contribution >= 4 is 23.3 Å². The van der Waals surface area contributed by atoms with Gasteiger partial charge in [0.15, 0.2) is 11.8 Å². The van der Waals surface area contributed by atoms with Crippen LogP contribution in [0.25, 0.3) is 0 Å². The Labute approximate surface area is 191 Å². The molecule has 0 fully saturated rings. The van der Waals surface area contributed by atoms with Gasteiger partial charge in [-0.3, -0.25) is 9.59 Å². The van der Waals surface area contributed by atoms with Crippen LogP contribution in [0.15, 0.2) is 71.5 Å². The molecule has 1 heterocycles. The Kier molecular flexibility index (Phi) is 7.80. The van der Waals surface area contributed by atoms with Crippen molar-refractivity contribution < 1.29 is 19.1 Å². The second kappa shape index (κ2) is 10.9. The molecule has 1 aromatic heterocycles. The summed E-state index contributed by atoms with van der Waals surface area (Å²) in [4.78, 5) is 38.9. The van der Waals surface area contributed by atoms with E-state index in [9.17, 15) is 14.4 Å². The molecule has 0 saturated heterocycles. The van der Waals surface area contributed by atoms with Gasteiger partial charge in [-0.15, -0.1) is 0 Å². The van der Waals surface area contributed by atoms with Crippen molar-refractivity contribution in [2.24, 2.45) is 0 Å². The minimum Gasteiger partial charge on any atom is -0.492 e. The Morgan fingerprint density at radius 3 is 2.39 bits per heavy atom. The first-order chi connectivity index (χ1) is 15.8. The lowest BCUT2D eigenvalue weighted by Crippen LogP contribution is -2.32. The zero-order chi connectivity index (χ0) is 23.8. The minimum atomic E-state index is -1.06. The van der Waals surface area contributed by atoms with Crippen LogP contribution in [0.5, 0.6) is 5.75 Å². The fourth-order valence-electron chi connectivity index (χ4n) is 2.85. The van der Waals surface area contributed by atoms with E-state index in [4.69, 9.17) is 9.47 Å². The van der Waals surface area contributed by atoms with Crippen molar-refractivity contribution in [3.8, 4) is 5.75 Å². The van der Waals surface area contributed by atoms with Crippen LogP contribution in [0.2, 0.25) is 0 Å². The minimum absolute atomic E-state index is 0.0794. The monoisotopic (exact) mass is 450 g/mol. The zero-order valence-corrected chi connectivity index (χ0v) is 18.7. The SMILES string of the molecule is CC(OC(=O)c1ccc(=O)n(CCOc2ccccc2)n1)C(=O)Nc1ccc(N(C)C)cc1. The molecule has 0 spiro atoms. The van der Waals surface area contributed by atoms with Gasteiger partial charge in [-0.25, -0.2) is 9.48 Å². The smallest absolute Gasteiger partial charge is 0.359 e. The highest BCUT2D eigenvalue weighted by Gasteiger charge is 2.20. The lowest BCUT2D eigenvalue weighted by molar-refractivity contribution is -0.123. The second-order valence-corrected chi connectivity index (χ2v) is 7.42. The number of aromatic nitrogens is 2. The van der Waals surface area contributed by atoms with Crippen LogP contribution >= 0.6 is 0 Å². The summed E-state index contributed by atoms with van der Waals surface area (Å²) in [6.07, 6.45) is -1.06. The molecule has 3 rings (SSSR count). The number of para-hydroxylation sites is 1. The molecule has 1 atom stereocenters. The number of amides is 1. The first-order valence-corrected chi connectivity index (χ1v) is 10.4. The predicted molar refractivity (Wildman–Crippen MR) is 125 cm³/mol. The van der Waals surface area contributed by atoms with E-state index in [2.05, 4.69) is 10.4 Å². The fourth-order valence-corrected chi connectivity index (χ4v) is 2.85. The van der Waals surface area contributed by atoms with Crippen LogP contribution in [-0.2, 0) is 16.1 Å². The van der Waals surface area contributed by atoms with Crippen molar-refractivity contribution in [3.63, 3.8) is 0 Å². The summed E-state index contributed by atoms with van der Waals surface area (Å²) in [5.74, 6) is -0.624. The Balaban J connectivity index is 1.56. The highest BCUT2D eigenvalue weighted by atomic mass is 16.5. The highest BCUT2D eigenvalue weighted by molar-refractivity contribution is 5.96.